The minimum absolute atomic E-state index is 0.0121. The minimum Gasteiger partial charge on any atom is -0.494 e. The van der Waals surface area contributed by atoms with Gasteiger partial charge in [-0.25, -0.2) is 0 Å². The number of ether oxygens (including phenoxy) is 2. The van der Waals surface area contributed by atoms with Crippen molar-refractivity contribution in [3.63, 3.8) is 0 Å². The number of fused-ring (bicyclic) bond motifs is 1. The molecule has 152 valence electrons. The first-order valence-electron chi connectivity index (χ1n) is 9.67. The molecular formula is C20H26N2O4S2. The number of amides is 2. The van der Waals surface area contributed by atoms with Crippen LogP contribution in [0.2, 0.25) is 0 Å². The second-order valence-electron chi connectivity index (χ2n) is 6.97. The predicted molar refractivity (Wildman–Crippen MR) is 114 cm³/mol. The summed E-state index contributed by atoms with van der Waals surface area (Å²) in [6.07, 6.45) is 2.94. The van der Waals surface area contributed by atoms with E-state index < -0.39 is 0 Å². The number of nitrogens with one attached hydrogen (secondary N) is 1. The molecule has 28 heavy (non-hydrogen) atoms. The normalized spacial score (nSPS) is 18.2. The third kappa shape index (κ3) is 5.17. The molecule has 0 aliphatic carbocycles. The summed E-state index contributed by atoms with van der Waals surface area (Å²) in [5.41, 5.74) is 2.08. The molecular weight excluding hydrogens is 396 g/mol. The molecule has 0 aromatic heterocycles. The second kappa shape index (κ2) is 9.60. The van der Waals surface area contributed by atoms with Crippen molar-refractivity contribution in [2.75, 3.05) is 18.9 Å². The van der Waals surface area contributed by atoms with Crippen molar-refractivity contribution in [3.05, 3.63) is 23.3 Å². The zero-order chi connectivity index (χ0) is 20.1. The maximum absolute atomic E-state index is 12.2. The van der Waals surface area contributed by atoms with E-state index in [9.17, 15) is 9.59 Å². The van der Waals surface area contributed by atoms with E-state index in [1.807, 2.05) is 26.0 Å². The van der Waals surface area contributed by atoms with Gasteiger partial charge in [0.1, 0.15) is 21.9 Å². The number of carbonyl (C=O) groups is 2. The van der Waals surface area contributed by atoms with Crippen molar-refractivity contribution in [2.45, 2.75) is 52.2 Å². The summed E-state index contributed by atoms with van der Waals surface area (Å²) < 4.78 is 12.2. The van der Waals surface area contributed by atoms with Crippen molar-refractivity contribution < 1.29 is 19.1 Å². The van der Waals surface area contributed by atoms with E-state index in [-0.39, 0.29) is 17.9 Å². The smallest absolute Gasteiger partial charge is 0.238 e. The van der Waals surface area contributed by atoms with Crippen LogP contribution in [0, 0.1) is 0 Å². The number of thioether (sulfide) groups is 1. The zero-order valence-electron chi connectivity index (χ0n) is 16.3. The standard InChI is InChI=1S/C20H26N2O4S2/c1-3-25-16-9-14-8-13(2)26-17(14)10-15(16)11-21-18(23)6-4-5-7-22-19(24)12-28-20(22)27/h9-10,13H,3-8,11-12H2,1-2H3,(H,21,23)/t13-/m1/s1. The average molecular weight is 423 g/mol. The molecule has 3 rings (SSSR count). The lowest BCUT2D eigenvalue weighted by atomic mass is 10.1. The van der Waals surface area contributed by atoms with Gasteiger partial charge in [0, 0.05) is 37.1 Å². The van der Waals surface area contributed by atoms with Gasteiger partial charge in [-0.15, -0.1) is 0 Å². The van der Waals surface area contributed by atoms with Crippen LogP contribution in [-0.4, -0.2) is 46.0 Å². The maximum Gasteiger partial charge on any atom is 0.238 e. The molecule has 0 saturated carbocycles. The van der Waals surface area contributed by atoms with Gasteiger partial charge in [0.2, 0.25) is 11.8 Å². The van der Waals surface area contributed by atoms with Crippen LogP contribution in [0.3, 0.4) is 0 Å². The number of benzene rings is 1. The first-order valence-corrected chi connectivity index (χ1v) is 11.1. The highest BCUT2D eigenvalue weighted by Crippen LogP contribution is 2.35. The summed E-state index contributed by atoms with van der Waals surface area (Å²) in [7, 11) is 0. The average Bonchev–Trinajstić information content (AvgIpc) is 3.18. The lowest BCUT2D eigenvalue weighted by Crippen LogP contribution is -2.29. The van der Waals surface area contributed by atoms with Gasteiger partial charge in [0.05, 0.1) is 12.4 Å². The number of carbonyl (C=O) groups excluding carboxylic acids is 2. The van der Waals surface area contributed by atoms with Crippen LogP contribution in [0.15, 0.2) is 12.1 Å². The summed E-state index contributed by atoms with van der Waals surface area (Å²) >= 11 is 6.56. The minimum atomic E-state index is -0.0121. The van der Waals surface area contributed by atoms with E-state index in [4.69, 9.17) is 21.7 Å². The number of thiocarbonyl (C=S) groups is 1. The lowest BCUT2D eigenvalue weighted by Gasteiger charge is -2.15. The van der Waals surface area contributed by atoms with E-state index >= 15 is 0 Å². The van der Waals surface area contributed by atoms with Gasteiger partial charge in [-0.3, -0.25) is 14.5 Å². The van der Waals surface area contributed by atoms with Crippen LogP contribution in [0.25, 0.3) is 0 Å². The first kappa shape index (κ1) is 20.9. The van der Waals surface area contributed by atoms with Crippen molar-refractivity contribution >= 4 is 40.1 Å². The number of rotatable bonds is 9. The molecule has 1 fully saturated rings. The van der Waals surface area contributed by atoms with Gasteiger partial charge in [-0.1, -0.05) is 24.0 Å². The predicted octanol–water partition coefficient (Wildman–Crippen LogP) is 3.06. The van der Waals surface area contributed by atoms with Crippen LogP contribution >= 0.6 is 24.0 Å². The Morgan fingerprint density at radius 2 is 2.25 bits per heavy atom. The molecule has 2 aliphatic rings. The molecule has 1 N–H and O–H groups in total. The van der Waals surface area contributed by atoms with E-state index in [0.717, 1.165) is 35.5 Å². The molecule has 0 bridgehead atoms. The molecule has 1 atom stereocenters. The van der Waals surface area contributed by atoms with Crippen LogP contribution < -0.4 is 14.8 Å². The summed E-state index contributed by atoms with van der Waals surface area (Å²) in [6, 6.07) is 4.00. The summed E-state index contributed by atoms with van der Waals surface area (Å²) in [6.45, 7) is 5.57. The van der Waals surface area contributed by atoms with Crippen LogP contribution in [-0.2, 0) is 22.6 Å². The van der Waals surface area contributed by atoms with E-state index in [0.29, 0.717) is 42.6 Å². The third-order valence-corrected chi connectivity index (χ3v) is 6.16. The summed E-state index contributed by atoms with van der Waals surface area (Å²) in [4.78, 5) is 25.5. The molecule has 1 saturated heterocycles. The van der Waals surface area contributed by atoms with Gasteiger partial charge in [-0.05, 0) is 38.8 Å². The Hall–Kier alpha value is -1.80. The third-order valence-electron chi connectivity index (χ3n) is 4.73. The van der Waals surface area contributed by atoms with Crippen LogP contribution in [0.5, 0.6) is 11.5 Å². The SMILES string of the molecule is CCOc1cc2c(cc1CNC(=O)CCCCN1C(=O)CSC1=S)O[C@H](C)C2. The molecule has 2 amide bonds. The van der Waals surface area contributed by atoms with Crippen LogP contribution in [0.1, 0.15) is 44.2 Å². The highest BCUT2D eigenvalue weighted by atomic mass is 32.2. The van der Waals surface area contributed by atoms with Gasteiger partial charge in [0.25, 0.3) is 0 Å². The quantitative estimate of drug-likeness (QED) is 0.487. The molecule has 0 radical (unpaired) electrons. The Bertz CT molecular complexity index is 753. The lowest BCUT2D eigenvalue weighted by molar-refractivity contribution is -0.124. The second-order valence-corrected chi connectivity index (χ2v) is 8.58. The monoisotopic (exact) mass is 422 g/mol. The molecule has 6 nitrogen and oxygen atoms in total. The Balaban J connectivity index is 1.46. The molecule has 0 unspecified atom stereocenters. The first-order chi connectivity index (χ1) is 13.5. The van der Waals surface area contributed by atoms with Crippen molar-refractivity contribution in [3.8, 4) is 11.5 Å². The molecule has 1 aromatic rings. The van der Waals surface area contributed by atoms with Gasteiger partial charge >= 0.3 is 0 Å². The number of nitrogens with zero attached hydrogens (tertiary/aromatic N) is 1. The maximum atomic E-state index is 12.2. The van der Waals surface area contributed by atoms with Crippen molar-refractivity contribution in [1.82, 2.24) is 10.2 Å². The molecule has 0 spiro atoms. The highest BCUT2D eigenvalue weighted by molar-refractivity contribution is 8.23. The fourth-order valence-electron chi connectivity index (χ4n) is 3.34. The van der Waals surface area contributed by atoms with E-state index in [1.54, 1.807) is 4.90 Å². The summed E-state index contributed by atoms with van der Waals surface area (Å²) in [5, 5.41) is 2.96. The molecule has 2 heterocycles. The largest absolute Gasteiger partial charge is 0.494 e. The fourth-order valence-corrected chi connectivity index (χ4v) is 4.47. The Labute approximate surface area is 175 Å². The zero-order valence-corrected chi connectivity index (χ0v) is 17.9. The number of unbranched alkanes of at least 4 members (excludes halogenated alkanes) is 1. The molecule has 1 aromatic carbocycles. The topological polar surface area (TPSA) is 67.9 Å². The summed E-state index contributed by atoms with van der Waals surface area (Å²) in [5.74, 6) is 2.17. The fraction of sp³-hybridized carbons (Fsp3) is 0.550. The molecule has 8 heteroatoms. The van der Waals surface area contributed by atoms with Crippen molar-refractivity contribution in [1.29, 1.82) is 0 Å². The highest BCUT2D eigenvalue weighted by Gasteiger charge is 2.26. The van der Waals surface area contributed by atoms with E-state index in [1.165, 1.54) is 11.8 Å². The van der Waals surface area contributed by atoms with Gasteiger partial charge in [-0.2, -0.15) is 0 Å². The Morgan fingerprint density at radius 3 is 2.96 bits per heavy atom. The van der Waals surface area contributed by atoms with Crippen LogP contribution in [0.4, 0.5) is 0 Å². The van der Waals surface area contributed by atoms with Gasteiger partial charge in [0.15, 0.2) is 0 Å². The number of hydrogen-bond acceptors (Lipinski definition) is 6. The van der Waals surface area contributed by atoms with Gasteiger partial charge < -0.3 is 14.8 Å². The number of hydrogen-bond donors (Lipinski definition) is 1. The Morgan fingerprint density at radius 1 is 1.43 bits per heavy atom. The van der Waals surface area contributed by atoms with Crippen molar-refractivity contribution in [2.24, 2.45) is 0 Å². The van der Waals surface area contributed by atoms with E-state index in [2.05, 4.69) is 5.32 Å². The molecule has 2 aliphatic heterocycles. The Kier molecular flexibility index (Phi) is 7.18.